The number of nitrogens with zero attached hydrogens (tertiary/aromatic N) is 1. The van der Waals surface area contributed by atoms with Gasteiger partial charge < -0.3 is 10.1 Å². The molecule has 0 bridgehead atoms. The van der Waals surface area contributed by atoms with Crippen LogP contribution in [0.15, 0.2) is 23.2 Å². The van der Waals surface area contributed by atoms with Crippen LogP contribution in [0.5, 0.6) is 5.88 Å². The molecule has 0 saturated carbocycles. The zero-order valence-electron chi connectivity index (χ0n) is 8.28. The Morgan fingerprint density at radius 1 is 1.35 bits per heavy atom. The third kappa shape index (κ3) is 3.07. The van der Waals surface area contributed by atoms with Gasteiger partial charge in [-0.25, -0.2) is 0 Å². The van der Waals surface area contributed by atoms with E-state index in [1.807, 2.05) is 0 Å². The van der Waals surface area contributed by atoms with Crippen LogP contribution in [0.3, 0.4) is 0 Å². The average Bonchev–Trinajstić information content (AvgIpc) is 2.59. The lowest BCUT2D eigenvalue weighted by atomic mass is 10.3. The number of aliphatic imine (C=N–C) groups is 1. The lowest BCUT2D eigenvalue weighted by Crippen LogP contribution is -1.75. The molecule has 0 spiro atoms. The molecule has 0 aliphatic carbocycles. The van der Waals surface area contributed by atoms with E-state index in [9.17, 15) is 5.11 Å². The maximum atomic E-state index is 9.46. The third-order valence-electron chi connectivity index (χ3n) is 1.89. The number of benzene rings is 1. The molecule has 0 saturated heterocycles. The Morgan fingerprint density at radius 2 is 2.12 bits per heavy atom. The van der Waals surface area contributed by atoms with E-state index in [-0.39, 0.29) is 5.88 Å². The molecule has 7 heteroatoms. The molecule has 0 atom stereocenters. The fraction of sp³-hybridized carbons (Fsp3) is 0. The van der Waals surface area contributed by atoms with Crippen molar-refractivity contribution < 1.29 is 5.11 Å². The fourth-order valence-corrected chi connectivity index (χ4v) is 2.38. The van der Waals surface area contributed by atoms with Crippen molar-refractivity contribution in [3.05, 3.63) is 37.1 Å². The number of hydrogen-bond acceptors (Lipinski definition) is 4. The van der Waals surface area contributed by atoms with E-state index in [2.05, 4.69) is 9.98 Å². The van der Waals surface area contributed by atoms with E-state index in [1.54, 1.807) is 18.2 Å². The highest BCUT2D eigenvalue weighted by atomic mass is 35.5. The molecule has 17 heavy (non-hydrogen) atoms. The van der Waals surface area contributed by atoms with E-state index >= 15 is 0 Å². The first kappa shape index (κ1) is 12.6. The van der Waals surface area contributed by atoms with E-state index < -0.39 is 0 Å². The monoisotopic (exact) mass is 304 g/mol. The molecular formula is C10H6Cl2N2OS2. The molecule has 0 aliphatic heterocycles. The topological polar surface area (TPSA) is 48.4 Å². The summed E-state index contributed by atoms with van der Waals surface area (Å²) in [6.07, 6.45) is 1.52. The molecule has 0 fully saturated rings. The molecule has 1 aromatic carbocycles. The Labute approximate surface area is 116 Å². The molecule has 0 unspecified atom stereocenters. The van der Waals surface area contributed by atoms with Crippen LogP contribution in [-0.4, -0.2) is 16.3 Å². The van der Waals surface area contributed by atoms with Gasteiger partial charge in [-0.2, -0.15) is 0 Å². The van der Waals surface area contributed by atoms with Crippen molar-refractivity contribution in [2.24, 2.45) is 4.99 Å². The lowest BCUT2D eigenvalue weighted by Gasteiger charge is -1.96. The largest absolute Gasteiger partial charge is 0.494 e. The highest BCUT2D eigenvalue weighted by Gasteiger charge is 2.02. The molecule has 1 aromatic heterocycles. The minimum absolute atomic E-state index is 0.0174. The van der Waals surface area contributed by atoms with Crippen molar-refractivity contribution >= 4 is 58.7 Å². The Bertz CT molecular complexity index is 633. The first-order valence-corrected chi connectivity index (χ1v) is 6.45. The summed E-state index contributed by atoms with van der Waals surface area (Å²) in [5, 5.41) is 10.4. The molecule has 88 valence electrons. The normalized spacial score (nSPS) is 11.2. The van der Waals surface area contributed by atoms with Gasteiger partial charge in [-0.05, 0) is 30.4 Å². The van der Waals surface area contributed by atoms with Gasteiger partial charge >= 0.3 is 0 Å². The Hall–Kier alpha value is -0.880. The second-order valence-corrected chi connectivity index (χ2v) is 5.62. The first-order chi connectivity index (χ1) is 8.06. The predicted molar refractivity (Wildman–Crippen MR) is 74.9 cm³/mol. The van der Waals surface area contributed by atoms with E-state index in [1.165, 1.54) is 17.6 Å². The summed E-state index contributed by atoms with van der Waals surface area (Å²) in [6.45, 7) is 0. The van der Waals surface area contributed by atoms with Crippen LogP contribution in [0.4, 0.5) is 5.69 Å². The summed E-state index contributed by atoms with van der Waals surface area (Å²) in [4.78, 5) is 7.35. The highest BCUT2D eigenvalue weighted by molar-refractivity contribution is 7.73. The van der Waals surface area contributed by atoms with Gasteiger partial charge in [-0.15, -0.1) is 0 Å². The number of halogens is 2. The van der Waals surface area contributed by atoms with Gasteiger partial charge in [0.05, 0.1) is 21.9 Å². The number of aromatic amines is 1. The third-order valence-corrected chi connectivity index (χ3v) is 3.79. The Balaban J connectivity index is 2.29. The number of hydrogen-bond donors (Lipinski definition) is 2. The standard InChI is InChI=1S/C10H6Cl2N2OS2/c11-6-2-1-5(3-7(6)12)13-4-8-9(15)14-10(16)17-8/h1-4,15H,(H,14,16). The van der Waals surface area contributed by atoms with Crippen LogP contribution >= 0.6 is 46.8 Å². The average molecular weight is 305 g/mol. The SMILES string of the molecule is Oc1[nH]c(=S)sc1C=Nc1ccc(Cl)c(Cl)c1. The molecule has 0 aliphatic rings. The van der Waals surface area contributed by atoms with Gasteiger partial charge in [-0.3, -0.25) is 4.99 Å². The molecule has 1 heterocycles. The molecule has 2 N–H and O–H groups in total. The molecule has 2 rings (SSSR count). The summed E-state index contributed by atoms with van der Waals surface area (Å²) in [5.41, 5.74) is 0.651. The summed E-state index contributed by atoms with van der Waals surface area (Å²) < 4.78 is 0.498. The quantitative estimate of drug-likeness (QED) is 0.631. The molecular weight excluding hydrogens is 299 g/mol. The van der Waals surface area contributed by atoms with Gasteiger partial charge in [0.2, 0.25) is 5.88 Å². The minimum Gasteiger partial charge on any atom is -0.494 e. The number of thiazole rings is 1. The van der Waals surface area contributed by atoms with Crippen LogP contribution in [0.25, 0.3) is 0 Å². The van der Waals surface area contributed by atoms with Gasteiger partial charge in [0.15, 0.2) is 3.95 Å². The summed E-state index contributed by atoms with van der Waals surface area (Å²) in [5.74, 6) is 0.0174. The first-order valence-electron chi connectivity index (χ1n) is 4.47. The lowest BCUT2D eigenvalue weighted by molar-refractivity contribution is 0.456. The zero-order chi connectivity index (χ0) is 12.4. The fourth-order valence-electron chi connectivity index (χ4n) is 1.12. The number of nitrogens with one attached hydrogen (secondary N) is 1. The van der Waals surface area contributed by atoms with Crippen molar-refractivity contribution in [3.63, 3.8) is 0 Å². The van der Waals surface area contributed by atoms with Crippen LogP contribution in [0.2, 0.25) is 10.0 Å². The molecule has 2 aromatic rings. The second-order valence-electron chi connectivity index (χ2n) is 3.08. The highest BCUT2D eigenvalue weighted by Crippen LogP contribution is 2.27. The molecule has 0 amide bonds. The van der Waals surface area contributed by atoms with Crippen molar-refractivity contribution in [2.75, 3.05) is 0 Å². The van der Waals surface area contributed by atoms with Gasteiger partial charge in [-0.1, -0.05) is 34.5 Å². The van der Waals surface area contributed by atoms with Crippen molar-refractivity contribution in [1.82, 2.24) is 4.98 Å². The maximum Gasteiger partial charge on any atom is 0.209 e. The number of H-pyrrole nitrogens is 1. The molecule has 3 nitrogen and oxygen atoms in total. The maximum absolute atomic E-state index is 9.46. The van der Waals surface area contributed by atoms with Gasteiger partial charge in [0.25, 0.3) is 0 Å². The predicted octanol–water partition coefficient (Wildman–Crippen LogP) is 4.57. The smallest absolute Gasteiger partial charge is 0.209 e. The van der Waals surface area contributed by atoms with Crippen LogP contribution < -0.4 is 0 Å². The summed E-state index contributed by atoms with van der Waals surface area (Å²) >= 11 is 17.8. The summed E-state index contributed by atoms with van der Waals surface area (Å²) in [7, 11) is 0. The van der Waals surface area contributed by atoms with Gasteiger partial charge in [0, 0.05) is 0 Å². The van der Waals surface area contributed by atoms with E-state index in [0.717, 1.165) is 0 Å². The van der Waals surface area contributed by atoms with Crippen LogP contribution in [0.1, 0.15) is 4.88 Å². The van der Waals surface area contributed by atoms with E-state index in [4.69, 9.17) is 35.4 Å². The van der Waals surface area contributed by atoms with Gasteiger partial charge in [0.1, 0.15) is 4.88 Å². The Morgan fingerprint density at radius 3 is 2.71 bits per heavy atom. The number of aromatic hydroxyl groups is 1. The van der Waals surface area contributed by atoms with Crippen molar-refractivity contribution in [3.8, 4) is 5.88 Å². The van der Waals surface area contributed by atoms with Crippen molar-refractivity contribution in [2.45, 2.75) is 0 Å². The van der Waals surface area contributed by atoms with Crippen molar-refractivity contribution in [1.29, 1.82) is 0 Å². The number of rotatable bonds is 2. The molecule has 0 radical (unpaired) electrons. The summed E-state index contributed by atoms with van der Waals surface area (Å²) in [6, 6.07) is 5.03. The Kier molecular flexibility index (Phi) is 3.83. The second kappa shape index (κ2) is 5.18. The number of aromatic nitrogens is 1. The minimum atomic E-state index is 0.0174. The van der Waals surface area contributed by atoms with Crippen LogP contribution in [-0.2, 0) is 0 Å². The van der Waals surface area contributed by atoms with E-state index in [0.29, 0.717) is 24.6 Å². The van der Waals surface area contributed by atoms with Crippen LogP contribution in [0, 0.1) is 3.95 Å². The zero-order valence-corrected chi connectivity index (χ0v) is 11.4.